The second kappa shape index (κ2) is 9.03. The number of halogens is 1. The highest BCUT2D eigenvalue weighted by atomic mass is 35.5. The average molecular weight is 462 g/mol. The minimum atomic E-state index is -0.992. The van der Waals surface area contributed by atoms with Gasteiger partial charge in [0.2, 0.25) is 0 Å². The normalized spacial score (nSPS) is 18.4. The Kier molecular flexibility index (Phi) is 6.31. The summed E-state index contributed by atoms with van der Waals surface area (Å²) in [4.78, 5) is 26.9. The first-order valence-corrected chi connectivity index (χ1v) is 11.6. The zero-order chi connectivity index (χ0) is 23.8. The molecule has 1 unspecified atom stereocenters. The van der Waals surface area contributed by atoms with Gasteiger partial charge >= 0.3 is 5.97 Å². The van der Waals surface area contributed by atoms with Crippen molar-refractivity contribution in [1.29, 1.82) is 0 Å². The number of carboxylic acids is 1. The zero-order valence-electron chi connectivity index (χ0n) is 19.1. The quantitative estimate of drug-likeness (QED) is 0.468. The number of hydrogen-bond donors (Lipinski definition) is 1. The predicted octanol–water partition coefficient (Wildman–Crippen LogP) is 6.74. The van der Waals surface area contributed by atoms with E-state index in [0.717, 1.165) is 16.7 Å². The van der Waals surface area contributed by atoms with Crippen LogP contribution in [0, 0.1) is 0 Å². The van der Waals surface area contributed by atoms with E-state index in [1.165, 1.54) is 10.5 Å². The van der Waals surface area contributed by atoms with Crippen molar-refractivity contribution < 1.29 is 14.7 Å². The van der Waals surface area contributed by atoms with Crippen LogP contribution in [0.1, 0.15) is 61.1 Å². The molecule has 4 rings (SSSR count). The second-order valence-electron chi connectivity index (χ2n) is 9.59. The Morgan fingerprint density at radius 2 is 1.45 bits per heavy atom. The molecule has 1 N–H and O–H groups in total. The van der Waals surface area contributed by atoms with Crippen LogP contribution in [0.25, 0.3) is 11.1 Å². The summed E-state index contributed by atoms with van der Waals surface area (Å²) in [5, 5.41) is 10.3. The molecule has 1 amide bonds. The molecule has 1 saturated heterocycles. The highest BCUT2D eigenvalue weighted by Gasteiger charge is 2.42. The number of carboxylic acid groups (broad SMARTS) is 1. The van der Waals surface area contributed by atoms with Crippen molar-refractivity contribution in [3.8, 4) is 11.1 Å². The molecule has 0 aromatic heterocycles. The minimum Gasteiger partial charge on any atom is -0.480 e. The summed E-state index contributed by atoms with van der Waals surface area (Å²) in [6, 6.07) is 21.9. The van der Waals surface area contributed by atoms with Gasteiger partial charge in [0.15, 0.2) is 0 Å². The highest BCUT2D eigenvalue weighted by Crippen LogP contribution is 2.40. The molecule has 4 nitrogen and oxygen atoms in total. The molecule has 1 aliphatic heterocycles. The Balaban J connectivity index is 1.62. The highest BCUT2D eigenvalue weighted by molar-refractivity contribution is 6.31. The second-order valence-corrected chi connectivity index (χ2v) is 9.99. The van der Waals surface area contributed by atoms with Crippen LogP contribution in [0.15, 0.2) is 72.8 Å². The van der Waals surface area contributed by atoms with Gasteiger partial charge in [-0.25, -0.2) is 4.79 Å². The van der Waals surface area contributed by atoms with E-state index >= 15 is 0 Å². The van der Waals surface area contributed by atoms with Gasteiger partial charge in [-0.2, -0.15) is 0 Å². The SMILES string of the molecule is CC(C)(C)c1ccc(-c2ccc(C(=O)N3C(c4ccccc4Cl)CC[C@H]3C(=O)O)cc2)cc1. The summed E-state index contributed by atoms with van der Waals surface area (Å²) in [6.07, 6.45) is 0.958. The molecule has 2 atom stereocenters. The molecular formula is C28H28ClNO3. The van der Waals surface area contributed by atoms with E-state index in [9.17, 15) is 14.7 Å². The molecule has 5 heteroatoms. The summed E-state index contributed by atoms with van der Waals surface area (Å²) >= 11 is 6.39. The first-order chi connectivity index (χ1) is 15.7. The van der Waals surface area contributed by atoms with E-state index in [0.29, 0.717) is 23.4 Å². The summed E-state index contributed by atoms with van der Waals surface area (Å²) < 4.78 is 0. The molecule has 1 aliphatic rings. The largest absolute Gasteiger partial charge is 0.480 e. The molecule has 0 spiro atoms. The zero-order valence-corrected chi connectivity index (χ0v) is 19.8. The van der Waals surface area contributed by atoms with Crippen molar-refractivity contribution in [3.05, 3.63) is 94.5 Å². The lowest BCUT2D eigenvalue weighted by atomic mass is 9.86. The Morgan fingerprint density at radius 3 is 2.00 bits per heavy atom. The van der Waals surface area contributed by atoms with Crippen molar-refractivity contribution in [3.63, 3.8) is 0 Å². The van der Waals surface area contributed by atoms with Gasteiger partial charge in [0.1, 0.15) is 6.04 Å². The molecule has 1 fully saturated rings. The van der Waals surface area contributed by atoms with E-state index in [1.807, 2.05) is 30.3 Å². The Bertz CT molecular complexity index is 1160. The summed E-state index contributed by atoms with van der Waals surface area (Å²) in [7, 11) is 0. The molecule has 1 heterocycles. The van der Waals surface area contributed by atoms with Gasteiger partial charge in [-0.3, -0.25) is 4.79 Å². The van der Waals surface area contributed by atoms with Crippen LogP contribution in [0.5, 0.6) is 0 Å². The first kappa shape index (κ1) is 23.1. The molecule has 3 aromatic carbocycles. The van der Waals surface area contributed by atoms with E-state index in [-0.39, 0.29) is 17.4 Å². The Labute approximate surface area is 199 Å². The van der Waals surface area contributed by atoms with E-state index in [2.05, 4.69) is 45.0 Å². The fraction of sp³-hybridized carbons (Fsp3) is 0.286. The summed E-state index contributed by atoms with van der Waals surface area (Å²) in [5.41, 5.74) is 4.68. The smallest absolute Gasteiger partial charge is 0.326 e. The van der Waals surface area contributed by atoms with Crippen molar-refractivity contribution in [2.75, 3.05) is 0 Å². The van der Waals surface area contributed by atoms with Crippen molar-refractivity contribution in [2.24, 2.45) is 0 Å². The number of aliphatic carboxylic acids is 1. The molecular weight excluding hydrogens is 434 g/mol. The van der Waals surface area contributed by atoms with Gasteiger partial charge in [-0.15, -0.1) is 0 Å². The average Bonchev–Trinajstić information content (AvgIpc) is 3.24. The molecule has 33 heavy (non-hydrogen) atoms. The lowest BCUT2D eigenvalue weighted by Crippen LogP contribution is -2.41. The van der Waals surface area contributed by atoms with Crippen LogP contribution < -0.4 is 0 Å². The third-order valence-corrected chi connectivity index (χ3v) is 6.73. The van der Waals surface area contributed by atoms with E-state index < -0.39 is 12.0 Å². The lowest BCUT2D eigenvalue weighted by Gasteiger charge is -2.29. The van der Waals surface area contributed by atoms with Crippen molar-refractivity contribution in [2.45, 2.75) is 51.1 Å². The van der Waals surface area contributed by atoms with Gasteiger partial charge in [-0.1, -0.05) is 87.0 Å². The van der Waals surface area contributed by atoms with Gasteiger partial charge in [0.05, 0.1) is 6.04 Å². The third-order valence-electron chi connectivity index (χ3n) is 6.39. The van der Waals surface area contributed by atoms with Gasteiger partial charge in [0, 0.05) is 10.6 Å². The number of amides is 1. The molecule has 170 valence electrons. The third kappa shape index (κ3) is 4.67. The number of rotatable bonds is 4. The summed E-state index contributed by atoms with van der Waals surface area (Å²) in [6.45, 7) is 6.54. The number of hydrogen-bond acceptors (Lipinski definition) is 2. The van der Waals surface area contributed by atoms with Gasteiger partial charge in [0.25, 0.3) is 5.91 Å². The van der Waals surface area contributed by atoms with Crippen LogP contribution in [0.3, 0.4) is 0 Å². The molecule has 0 saturated carbocycles. The number of carbonyl (C=O) groups excluding carboxylic acids is 1. The molecule has 0 radical (unpaired) electrons. The van der Waals surface area contributed by atoms with Gasteiger partial charge < -0.3 is 10.0 Å². The van der Waals surface area contributed by atoms with Crippen LogP contribution in [-0.2, 0) is 10.2 Å². The minimum absolute atomic E-state index is 0.0867. The fourth-order valence-electron chi connectivity index (χ4n) is 4.50. The summed E-state index contributed by atoms with van der Waals surface area (Å²) in [5.74, 6) is -1.28. The van der Waals surface area contributed by atoms with Crippen LogP contribution in [-0.4, -0.2) is 27.9 Å². The molecule has 3 aromatic rings. The number of carbonyl (C=O) groups is 2. The van der Waals surface area contributed by atoms with Crippen LogP contribution >= 0.6 is 11.6 Å². The Morgan fingerprint density at radius 1 is 0.879 bits per heavy atom. The first-order valence-electron chi connectivity index (χ1n) is 11.2. The fourth-order valence-corrected chi connectivity index (χ4v) is 4.77. The maximum Gasteiger partial charge on any atom is 0.326 e. The van der Waals surface area contributed by atoms with E-state index in [4.69, 9.17) is 11.6 Å². The molecule has 0 aliphatic carbocycles. The monoisotopic (exact) mass is 461 g/mol. The van der Waals surface area contributed by atoms with Crippen LogP contribution in [0.2, 0.25) is 5.02 Å². The maximum absolute atomic E-state index is 13.5. The van der Waals surface area contributed by atoms with Crippen molar-refractivity contribution in [1.82, 2.24) is 4.90 Å². The number of likely N-dealkylation sites (tertiary alicyclic amines) is 1. The predicted molar refractivity (Wildman–Crippen MR) is 132 cm³/mol. The molecule has 0 bridgehead atoms. The Hall–Kier alpha value is -3.11. The number of nitrogens with zero attached hydrogens (tertiary/aromatic N) is 1. The number of benzene rings is 3. The van der Waals surface area contributed by atoms with E-state index in [1.54, 1.807) is 18.2 Å². The van der Waals surface area contributed by atoms with Crippen molar-refractivity contribution >= 4 is 23.5 Å². The topological polar surface area (TPSA) is 57.6 Å². The van der Waals surface area contributed by atoms with Crippen LogP contribution in [0.4, 0.5) is 0 Å². The lowest BCUT2D eigenvalue weighted by molar-refractivity contribution is -0.141. The van der Waals surface area contributed by atoms with Gasteiger partial charge in [-0.05, 0) is 58.7 Å². The standard InChI is InChI=1S/C28H28ClNO3/c1-28(2,3)21-14-12-19(13-15-21)18-8-10-20(11-9-18)26(31)30-24(16-17-25(30)27(32)33)22-6-4-5-7-23(22)29/h4-15,24-25H,16-17H2,1-3H3,(H,32,33)/t24?,25-/m0/s1. The maximum atomic E-state index is 13.5.